The van der Waals surface area contributed by atoms with E-state index in [1.54, 1.807) is 18.4 Å². The lowest BCUT2D eigenvalue weighted by Gasteiger charge is -2.44. The van der Waals surface area contributed by atoms with Gasteiger partial charge in [-0.15, -0.1) is 11.3 Å². The summed E-state index contributed by atoms with van der Waals surface area (Å²) >= 11 is 1.63. The largest absolute Gasteiger partial charge is 0.390 e. The minimum atomic E-state index is -0.419. The van der Waals surface area contributed by atoms with E-state index in [4.69, 9.17) is 4.74 Å². The SMILES string of the molecule is COC1(C(O)Cc2csc(C)n2)CCC1. The summed E-state index contributed by atoms with van der Waals surface area (Å²) in [5.74, 6) is 0. The fourth-order valence-electron chi connectivity index (χ4n) is 2.08. The van der Waals surface area contributed by atoms with E-state index in [1.807, 2.05) is 12.3 Å². The van der Waals surface area contributed by atoms with Gasteiger partial charge in [-0.1, -0.05) is 0 Å². The molecule has 0 saturated heterocycles. The van der Waals surface area contributed by atoms with Crippen molar-refractivity contribution in [1.82, 2.24) is 4.98 Å². The van der Waals surface area contributed by atoms with Crippen LogP contribution in [-0.4, -0.2) is 28.9 Å². The summed E-state index contributed by atoms with van der Waals surface area (Å²) in [4.78, 5) is 4.36. The molecule has 0 bridgehead atoms. The van der Waals surface area contributed by atoms with Crippen molar-refractivity contribution in [3.05, 3.63) is 16.1 Å². The Kier molecular flexibility index (Phi) is 3.09. The highest BCUT2D eigenvalue weighted by atomic mass is 32.1. The van der Waals surface area contributed by atoms with E-state index in [2.05, 4.69) is 4.98 Å². The second-order valence-corrected chi connectivity index (χ2v) is 5.26. The maximum atomic E-state index is 10.1. The zero-order chi connectivity index (χ0) is 10.9. The lowest BCUT2D eigenvalue weighted by atomic mass is 9.74. The van der Waals surface area contributed by atoms with Gasteiger partial charge in [-0.2, -0.15) is 0 Å². The van der Waals surface area contributed by atoms with Crippen molar-refractivity contribution >= 4 is 11.3 Å². The number of thiazole rings is 1. The number of aryl methyl sites for hydroxylation is 1. The van der Waals surface area contributed by atoms with Crippen molar-refractivity contribution in [1.29, 1.82) is 0 Å². The Morgan fingerprint density at radius 1 is 1.67 bits per heavy atom. The molecule has 15 heavy (non-hydrogen) atoms. The van der Waals surface area contributed by atoms with Gasteiger partial charge in [0.25, 0.3) is 0 Å². The van der Waals surface area contributed by atoms with E-state index >= 15 is 0 Å². The Hall–Kier alpha value is -0.450. The molecule has 0 aromatic carbocycles. The van der Waals surface area contributed by atoms with E-state index in [1.165, 1.54) is 0 Å². The fourth-order valence-corrected chi connectivity index (χ4v) is 2.71. The summed E-state index contributed by atoms with van der Waals surface area (Å²) in [5.41, 5.74) is 0.686. The molecule has 1 fully saturated rings. The van der Waals surface area contributed by atoms with Crippen molar-refractivity contribution in [2.24, 2.45) is 0 Å². The number of hydrogen-bond donors (Lipinski definition) is 1. The third-order valence-corrected chi connectivity index (χ3v) is 4.11. The predicted molar refractivity (Wildman–Crippen MR) is 60.2 cm³/mol. The predicted octanol–water partition coefficient (Wildman–Crippen LogP) is 1.92. The Labute approximate surface area is 94.1 Å². The molecule has 1 atom stereocenters. The first-order valence-electron chi connectivity index (χ1n) is 5.30. The molecule has 4 heteroatoms. The fraction of sp³-hybridized carbons (Fsp3) is 0.727. The summed E-state index contributed by atoms with van der Waals surface area (Å²) in [5, 5.41) is 13.2. The summed E-state index contributed by atoms with van der Waals surface area (Å²) in [6.07, 6.45) is 3.28. The molecule has 1 aromatic heterocycles. The van der Waals surface area contributed by atoms with Crippen LogP contribution >= 0.6 is 11.3 Å². The molecule has 0 amide bonds. The Morgan fingerprint density at radius 3 is 2.80 bits per heavy atom. The van der Waals surface area contributed by atoms with Gasteiger partial charge in [-0.05, 0) is 26.2 Å². The van der Waals surface area contributed by atoms with Crippen molar-refractivity contribution in [3.8, 4) is 0 Å². The highest BCUT2D eigenvalue weighted by Crippen LogP contribution is 2.39. The number of rotatable bonds is 4. The molecule has 1 heterocycles. The van der Waals surface area contributed by atoms with Gasteiger partial charge in [-0.25, -0.2) is 4.98 Å². The molecule has 84 valence electrons. The molecule has 1 aliphatic rings. The molecule has 0 radical (unpaired) electrons. The number of aromatic nitrogens is 1. The second kappa shape index (κ2) is 4.20. The van der Waals surface area contributed by atoms with Crippen LogP contribution in [0.4, 0.5) is 0 Å². The summed E-state index contributed by atoms with van der Waals surface area (Å²) in [6.45, 7) is 1.98. The van der Waals surface area contributed by atoms with Gasteiger partial charge < -0.3 is 9.84 Å². The van der Waals surface area contributed by atoms with Crippen LogP contribution in [-0.2, 0) is 11.2 Å². The second-order valence-electron chi connectivity index (χ2n) is 4.20. The molecular weight excluding hydrogens is 210 g/mol. The molecule has 1 N–H and O–H groups in total. The van der Waals surface area contributed by atoms with Crippen LogP contribution < -0.4 is 0 Å². The average Bonchev–Trinajstić information content (AvgIpc) is 2.50. The van der Waals surface area contributed by atoms with E-state index < -0.39 is 6.10 Å². The molecule has 0 aliphatic heterocycles. The molecule has 1 saturated carbocycles. The van der Waals surface area contributed by atoms with E-state index in [0.29, 0.717) is 6.42 Å². The third-order valence-electron chi connectivity index (χ3n) is 3.28. The number of aliphatic hydroxyl groups is 1. The number of methoxy groups -OCH3 is 1. The molecule has 1 aromatic rings. The van der Waals surface area contributed by atoms with Gasteiger partial charge in [-0.3, -0.25) is 0 Å². The van der Waals surface area contributed by atoms with Crippen LogP contribution in [0.1, 0.15) is 30.0 Å². The van der Waals surface area contributed by atoms with E-state index in [9.17, 15) is 5.11 Å². The molecule has 1 unspecified atom stereocenters. The zero-order valence-electron chi connectivity index (χ0n) is 9.19. The van der Waals surface area contributed by atoms with Crippen LogP contribution in [0.15, 0.2) is 5.38 Å². The van der Waals surface area contributed by atoms with E-state index in [-0.39, 0.29) is 5.60 Å². The quantitative estimate of drug-likeness (QED) is 0.854. The minimum absolute atomic E-state index is 0.294. The van der Waals surface area contributed by atoms with Crippen LogP contribution in [0.2, 0.25) is 0 Å². The molecule has 2 rings (SSSR count). The van der Waals surface area contributed by atoms with Crippen molar-refractivity contribution in [3.63, 3.8) is 0 Å². The van der Waals surface area contributed by atoms with Crippen LogP contribution in [0.3, 0.4) is 0 Å². The zero-order valence-corrected chi connectivity index (χ0v) is 10.0. The van der Waals surface area contributed by atoms with Gasteiger partial charge in [0.05, 0.1) is 22.4 Å². The van der Waals surface area contributed by atoms with Crippen molar-refractivity contribution in [2.45, 2.75) is 44.3 Å². The van der Waals surface area contributed by atoms with Crippen molar-refractivity contribution < 1.29 is 9.84 Å². The summed E-state index contributed by atoms with van der Waals surface area (Å²) in [7, 11) is 1.69. The standard InChI is InChI=1S/C11H17NO2S/c1-8-12-9(7-15-8)6-10(13)11(14-2)4-3-5-11/h7,10,13H,3-6H2,1-2H3. The first kappa shape index (κ1) is 11.0. The highest BCUT2D eigenvalue weighted by Gasteiger charge is 2.43. The smallest absolute Gasteiger partial charge is 0.0940 e. The van der Waals surface area contributed by atoms with Crippen LogP contribution in [0.25, 0.3) is 0 Å². The topological polar surface area (TPSA) is 42.4 Å². The van der Waals surface area contributed by atoms with Crippen LogP contribution in [0, 0.1) is 6.92 Å². The van der Waals surface area contributed by atoms with Gasteiger partial charge in [0.2, 0.25) is 0 Å². The van der Waals surface area contributed by atoms with Gasteiger partial charge in [0.1, 0.15) is 0 Å². The highest BCUT2D eigenvalue weighted by molar-refractivity contribution is 7.09. The first-order chi connectivity index (χ1) is 7.16. The monoisotopic (exact) mass is 227 g/mol. The number of nitrogens with zero attached hydrogens (tertiary/aromatic N) is 1. The van der Waals surface area contributed by atoms with Crippen molar-refractivity contribution in [2.75, 3.05) is 7.11 Å². The summed E-state index contributed by atoms with van der Waals surface area (Å²) < 4.78 is 5.44. The Balaban J connectivity index is 1.99. The number of aliphatic hydroxyl groups excluding tert-OH is 1. The van der Waals surface area contributed by atoms with Gasteiger partial charge in [0.15, 0.2) is 0 Å². The maximum Gasteiger partial charge on any atom is 0.0940 e. The molecule has 0 spiro atoms. The maximum absolute atomic E-state index is 10.1. The third kappa shape index (κ3) is 2.07. The lowest BCUT2D eigenvalue weighted by Crippen LogP contribution is -2.50. The lowest BCUT2D eigenvalue weighted by molar-refractivity contribution is -0.148. The Morgan fingerprint density at radius 2 is 2.40 bits per heavy atom. The molecular formula is C11H17NO2S. The van der Waals surface area contributed by atoms with Gasteiger partial charge >= 0.3 is 0 Å². The number of hydrogen-bond acceptors (Lipinski definition) is 4. The van der Waals surface area contributed by atoms with Gasteiger partial charge in [0, 0.05) is 18.9 Å². The molecule has 1 aliphatic carbocycles. The van der Waals surface area contributed by atoms with E-state index in [0.717, 1.165) is 30.0 Å². The Bertz CT molecular complexity index is 328. The minimum Gasteiger partial charge on any atom is -0.390 e. The first-order valence-corrected chi connectivity index (χ1v) is 6.18. The molecule has 3 nitrogen and oxygen atoms in total. The normalized spacial score (nSPS) is 21.0. The van der Waals surface area contributed by atoms with Crippen LogP contribution in [0.5, 0.6) is 0 Å². The summed E-state index contributed by atoms with van der Waals surface area (Å²) in [6, 6.07) is 0. The average molecular weight is 227 g/mol. The number of ether oxygens (including phenoxy) is 1.